The van der Waals surface area contributed by atoms with Crippen LogP contribution in [0.5, 0.6) is 0 Å². The molecule has 0 saturated heterocycles. The zero-order valence-electron chi connectivity index (χ0n) is 18.7. The SMILES string of the molecule is O=C(NCc1ccccc1)c1ccccc1.c1ccc(Cn2nnnc2-c2ccccc2)cc1. The van der Waals surface area contributed by atoms with E-state index in [-0.39, 0.29) is 5.91 Å². The van der Waals surface area contributed by atoms with Crippen LogP contribution in [0.25, 0.3) is 11.4 Å². The highest BCUT2D eigenvalue weighted by atomic mass is 16.1. The van der Waals surface area contributed by atoms with E-state index >= 15 is 0 Å². The second-order valence-corrected chi connectivity index (χ2v) is 7.55. The Balaban J connectivity index is 0.000000162. The fraction of sp³-hybridized carbons (Fsp3) is 0.0714. The number of aromatic nitrogens is 4. The molecule has 4 aromatic carbocycles. The average Bonchev–Trinajstić information content (AvgIpc) is 3.38. The second kappa shape index (κ2) is 11.9. The Morgan fingerprint density at radius 2 is 1.21 bits per heavy atom. The van der Waals surface area contributed by atoms with Gasteiger partial charge in [0.05, 0.1) is 6.54 Å². The quantitative estimate of drug-likeness (QED) is 0.397. The van der Waals surface area contributed by atoms with Crippen LogP contribution in [-0.4, -0.2) is 26.1 Å². The molecule has 0 radical (unpaired) electrons. The Kier molecular flexibility index (Phi) is 7.90. The first-order chi connectivity index (χ1) is 16.8. The summed E-state index contributed by atoms with van der Waals surface area (Å²) < 4.78 is 1.81. The molecule has 0 spiro atoms. The van der Waals surface area contributed by atoms with Crippen LogP contribution in [0.3, 0.4) is 0 Å². The minimum atomic E-state index is -0.0375. The Hall–Kier alpha value is -4.58. The van der Waals surface area contributed by atoms with Crippen molar-refractivity contribution in [3.8, 4) is 11.4 Å². The van der Waals surface area contributed by atoms with Crippen molar-refractivity contribution >= 4 is 5.91 Å². The number of nitrogens with one attached hydrogen (secondary N) is 1. The number of benzene rings is 4. The van der Waals surface area contributed by atoms with E-state index in [9.17, 15) is 4.79 Å². The van der Waals surface area contributed by atoms with Gasteiger partial charge in [0.25, 0.3) is 5.91 Å². The first-order valence-electron chi connectivity index (χ1n) is 11.0. The summed E-state index contributed by atoms with van der Waals surface area (Å²) in [6.07, 6.45) is 0. The van der Waals surface area contributed by atoms with Gasteiger partial charge in [0.1, 0.15) is 0 Å². The number of carbonyl (C=O) groups is 1. The first-order valence-corrected chi connectivity index (χ1v) is 11.0. The number of hydrogen-bond acceptors (Lipinski definition) is 4. The van der Waals surface area contributed by atoms with Gasteiger partial charge < -0.3 is 5.32 Å². The highest BCUT2D eigenvalue weighted by Crippen LogP contribution is 2.15. The molecule has 0 bridgehead atoms. The van der Waals surface area contributed by atoms with Gasteiger partial charge in [0.15, 0.2) is 5.82 Å². The highest BCUT2D eigenvalue weighted by molar-refractivity contribution is 5.94. The van der Waals surface area contributed by atoms with Gasteiger partial charge in [-0.3, -0.25) is 4.79 Å². The monoisotopic (exact) mass is 447 g/mol. The summed E-state index contributed by atoms with van der Waals surface area (Å²) in [5, 5.41) is 14.8. The lowest BCUT2D eigenvalue weighted by Gasteiger charge is -2.04. The van der Waals surface area contributed by atoms with Crippen molar-refractivity contribution in [2.45, 2.75) is 13.1 Å². The number of nitrogens with zero attached hydrogens (tertiary/aromatic N) is 4. The molecule has 0 unspecified atom stereocenters. The molecule has 168 valence electrons. The van der Waals surface area contributed by atoms with Gasteiger partial charge in [-0.25, -0.2) is 4.68 Å². The molecule has 0 saturated carbocycles. The number of hydrogen-bond donors (Lipinski definition) is 1. The lowest BCUT2D eigenvalue weighted by Crippen LogP contribution is -2.22. The molecule has 6 heteroatoms. The van der Waals surface area contributed by atoms with E-state index < -0.39 is 0 Å². The maximum Gasteiger partial charge on any atom is 0.251 e. The van der Waals surface area contributed by atoms with Gasteiger partial charge in [-0.05, 0) is 33.7 Å². The third kappa shape index (κ3) is 6.46. The topological polar surface area (TPSA) is 72.7 Å². The van der Waals surface area contributed by atoms with Crippen molar-refractivity contribution in [3.05, 3.63) is 138 Å². The predicted octanol–water partition coefficient (Wildman–Crippen LogP) is 5.01. The molecule has 1 heterocycles. The minimum absolute atomic E-state index is 0.0375. The summed E-state index contributed by atoms with van der Waals surface area (Å²) in [4.78, 5) is 11.7. The molecule has 0 atom stereocenters. The average molecular weight is 448 g/mol. The lowest BCUT2D eigenvalue weighted by atomic mass is 10.2. The van der Waals surface area contributed by atoms with Crippen molar-refractivity contribution in [1.82, 2.24) is 25.5 Å². The molecular weight excluding hydrogens is 422 g/mol. The summed E-state index contributed by atoms with van der Waals surface area (Å²) in [5.74, 6) is 0.754. The molecule has 1 N–H and O–H groups in total. The molecule has 0 aliphatic rings. The Labute approximate surface area is 198 Å². The summed E-state index contributed by atoms with van der Waals surface area (Å²) in [5.41, 5.74) is 4.01. The van der Waals surface area contributed by atoms with Gasteiger partial charge in [-0.1, -0.05) is 109 Å². The van der Waals surface area contributed by atoms with E-state index in [4.69, 9.17) is 0 Å². The van der Waals surface area contributed by atoms with Crippen molar-refractivity contribution < 1.29 is 4.79 Å². The predicted molar refractivity (Wildman–Crippen MR) is 133 cm³/mol. The zero-order chi connectivity index (χ0) is 23.4. The molecule has 6 nitrogen and oxygen atoms in total. The fourth-order valence-electron chi connectivity index (χ4n) is 3.33. The lowest BCUT2D eigenvalue weighted by molar-refractivity contribution is 0.0951. The zero-order valence-corrected chi connectivity index (χ0v) is 18.7. The number of tetrazole rings is 1. The van der Waals surface area contributed by atoms with Crippen LogP contribution in [0.1, 0.15) is 21.5 Å². The van der Waals surface area contributed by atoms with Crippen LogP contribution < -0.4 is 5.32 Å². The van der Waals surface area contributed by atoms with E-state index in [1.807, 2.05) is 102 Å². The van der Waals surface area contributed by atoms with E-state index in [1.165, 1.54) is 5.56 Å². The molecule has 5 rings (SSSR count). The fourth-order valence-corrected chi connectivity index (χ4v) is 3.33. The van der Waals surface area contributed by atoms with E-state index in [1.54, 1.807) is 12.1 Å². The van der Waals surface area contributed by atoms with Gasteiger partial charge in [0.2, 0.25) is 0 Å². The molecule has 1 aromatic heterocycles. The van der Waals surface area contributed by atoms with Crippen molar-refractivity contribution in [1.29, 1.82) is 0 Å². The van der Waals surface area contributed by atoms with Crippen LogP contribution in [0.4, 0.5) is 0 Å². The first kappa shape index (κ1) is 22.6. The molecule has 0 fully saturated rings. The van der Waals surface area contributed by atoms with Crippen LogP contribution in [0.2, 0.25) is 0 Å². The summed E-state index contributed by atoms with van der Waals surface area (Å²) in [6, 6.07) is 39.2. The third-order valence-electron chi connectivity index (χ3n) is 5.07. The molecule has 0 aliphatic heterocycles. The molecule has 5 aromatic rings. The van der Waals surface area contributed by atoms with Crippen LogP contribution in [0.15, 0.2) is 121 Å². The Bertz CT molecular complexity index is 1270. The number of rotatable bonds is 6. The largest absolute Gasteiger partial charge is 0.348 e. The maximum atomic E-state index is 11.7. The number of carbonyl (C=O) groups excluding carboxylic acids is 1. The standard InChI is InChI=1S/C14H12N4.C14H13NO/c1-3-7-12(8-4-1)11-18-14(15-16-17-18)13-9-5-2-6-10-13;16-14(13-9-5-2-6-10-13)15-11-12-7-3-1-4-8-12/h1-10H,11H2;1-10H,11H2,(H,15,16). The molecule has 0 aliphatic carbocycles. The molecular formula is C28H25N5O. The second-order valence-electron chi connectivity index (χ2n) is 7.55. The summed E-state index contributed by atoms with van der Waals surface area (Å²) >= 11 is 0. The highest BCUT2D eigenvalue weighted by Gasteiger charge is 2.08. The van der Waals surface area contributed by atoms with Crippen molar-refractivity contribution in [2.75, 3.05) is 0 Å². The van der Waals surface area contributed by atoms with Crippen molar-refractivity contribution in [3.63, 3.8) is 0 Å². The Morgan fingerprint density at radius 3 is 1.82 bits per heavy atom. The molecule has 1 amide bonds. The van der Waals surface area contributed by atoms with Gasteiger partial charge in [-0.15, -0.1) is 5.10 Å². The van der Waals surface area contributed by atoms with Crippen LogP contribution >= 0.6 is 0 Å². The Morgan fingerprint density at radius 1 is 0.676 bits per heavy atom. The van der Waals surface area contributed by atoms with Crippen LogP contribution in [-0.2, 0) is 13.1 Å². The minimum Gasteiger partial charge on any atom is -0.348 e. The smallest absolute Gasteiger partial charge is 0.251 e. The van der Waals surface area contributed by atoms with Gasteiger partial charge >= 0.3 is 0 Å². The third-order valence-corrected chi connectivity index (χ3v) is 5.07. The van der Waals surface area contributed by atoms with Crippen LogP contribution in [0, 0.1) is 0 Å². The number of amides is 1. The normalized spacial score (nSPS) is 10.1. The van der Waals surface area contributed by atoms with E-state index in [0.717, 1.165) is 17.0 Å². The van der Waals surface area contributed by atoms with E-state index in [0.29, 0.717) is 18.7 Å². The van der Waals surface area contributed by atoms with Gasteiger partial charge in [-0.2, -0.15) is 0 Å². The summed E-state index contributed by atoms with van der Waals surface area (Å²) in [7, 11) is 0. The van der Waals surface area contributed by atoms with E-state index in [2.05, 4.69) is 33.0 Å². The van der Waals surface area contributed by atoms with Gasteiger partial charge in [0, 0.05) is 17.7 Å². The summed E-state index contributed by atoms with van der Waals surface area (Å²) in [6.45, 7) is 1.24. The maximum absolute atomic E-state index is 11.7. The molecule has 34 heavy (non-hydrogen) atoms. The van der Waals surface area contributed by atoms with Crippen molar-refractivity contribution in [2.24, 2.45) is 0 Å².